The van der Waals surface area contributed by atoms with Gasteiger partial charge in [0.25, 0.3) is 0 Å². The number of hydrogen-bond donors (Lipinski definition) is 1. The number of nitrogens with zero attached hydrogens (tertiary/aromatic N) is 3. The Morgan fingerprint density at radius 1 is 1.28 bits per heavy atom. The molecule has 1 saturated carbocycles. The summed E-state index contributed by atoms with van der Waals surface area (Å²) in [6, 6.07) is 9.70. The molecule has 1 N–H and O–H groups in total. The van der Waals surface area contributed by atoms with Gasteiger partial charge >= 0.3 is 0 Å². The van der Waals surface area contributed by atoms with E-state index in [9.17, 15) is 0 Å². The molecule has 1 aliphatic heterocycles. The number of hydrogen-bond acceptors (Lipinski definition) is 3. The Bertz CT molecular complexity index is 559. The van der Waals surface area contributed by atoms with Crippen molar-refractivity contribution in [1.82, 2.24) is 15.1 Å². The van der Waals surface area contributed by atoms with Crippen LogP contribution in [0, 0.1) is 5.92 Å². The highest BCUT2D eigenvalue weighted by Crippen LogP contribution is 2.31. The lowest BCUT2D eigenvalue weighted by molar-refractivity contribution is 0.313. The maximum absolute atomic E-state index is 4.46. The van der Waals surface area contributed by atoms with Crippen molar-refractivity contribution in [2.75, 3.05) is 40.0 Å². The molecule has 25 heavy (non-hydrogen) atoms. The molecule has 0 bridgehead atoms. The minimum Gasteiger partial charge on any atom is -0.356 e. The van der Waals surface area contributed by atoms with Crippen molar-refractivity contribution in [3.63, 3.8) is 0 Å². The molecule has 1 heterocycles. The van der Waals surface area contributed by atoms with E-state index in [0.29, 0.717) is 0 Å². The van der Waals surface area contributed by atoms with Gasteiger partial charge in [-0.3, -0.25) is 4.99 Å². The summed E-state index contributed by atoms with van der Waals surface area (Å²) in [6.07, 6.45) is 6.26. The fraction of sp³-hybridized carbons (Fsp3) is 0.632. The lowest BCUT2D eigenvalue weighted by Crippen LogP contribution is -2.41. The summed E-state index contributed by atoms with van der Waals surface area (Å²) in [4.78, 5) is 10.7. The summed E-state index contributed by atoms with van der Waals surface area (Å²) >= 11 is 1.78. The number of likely N-dealkylation sites (tertiary alicyclic amines) is 1. The van der Waals surface area contributed by atoms with Crippen molar-refractivity contribution in [2.24, 2.45) is 10.9 Å². The third-order valence-electron chi connectivity index (χ3n) is 5.08. The Kier molecular flexibility index (Phi) is 8.35. The zero-order valence-corrected chi connectivity index (χ0v) is 18.7. The van der Waals surface area contributed by atoms with Crippen molar-refractivity contribution in [2.45, 2.75) is 36.7 Å². The largest absolute Gasteiger partial charge is 0.356 e. The van der Waals surface area contributed by atoms with E-state index >= 15 is 0 Å². The van der Waals surface area contributed by atoms with Gasteiger partial charge in [0.2, 0.25) is 0 Å². The van der Waals surface area contributed by atoms with Crippen LogP contribution in [0.2, 0.25) is 0 Å². The van der Waals surface area contributed by atoms with Crippen LogP contribution in [0.15, 0.2) is 34.2 Å². The molecule has 0 amide bonds. The van der Waals surface area contributed by atoms with Gasteiger partial charge in [0.15, 0.2) is 5.96 Å². The van der Waals surface area contributed by atoms with Crippen molar-refractivity contribution >= 4 is 41.7 Å². The smallest absolute Gasteiger partial charge is 0.193 e. The summed E-state index contributed by atoms with van der Waals surface area (Å²) in [7, 11) is 3.99. The Balaban J connectivity index is 0.00000225. The zero-order valence-electron chi connectivity index (χ0n) is 15.6. The van der Waals surface area contributed by atoms with Gasteiger partial charge in [0.05, 0.1) is 0 Å². The highest BCUT2D eigenvalue weighted by Gasteiger charge is 2.34. The second-order valence-corrected chi connectivity index (χ2v) is 7.89. The number of aliphatic imine (C=N–C) groups is 1. The second-order valence-electron chi connectivity index (χ2n) is 7.01. The summed E-state index contributed by atoms with van der Waals surface area (Å²) < 4.78 is 0. The van der Waals surface area contributed by atoms with Crippen LogP contribution in [0.4, 0.5) is 0 Å². The molecule has 1 aliphatic carbocycles. The Labute approximate surface area is 173 Å². The molecule has 0 spiro atoms. The average Bonchev–Trinajstić information content (AvgIpc) is 3.35. The summed E-state index contributed by atoms with van der Waals surface area (Å²) in [5, 5.41) is 3.58. The molecule has 1 atom stereocenters. The van der Waals surface area contributed by atoms with Crippen LogP contribution < -0.4 is 5.32 Å². The number of benzene rings is 1. The average molecular weight is 474 g/mol. The minimum absolute atomic E-state index is 0. The molecule has 1 aromatic rings. The van der Waals surface area contributed by atoms with Crippen molar-refractivity contribution in [1.29, 1.82) is 0 Å². The highest BCUT2D eigenvalue weighted by molar-refractivity contribution is 14.0. The molecule has 2 fully saturated rings. The van der Waals surface area contributed by atoms with Gasteiger partial charge in [-0.05, 0) is 55.7 Å². The molecule has 0 aromatic heterocycles. The van der Waals surface area contributed by atoms with Crippen LogP contribution in [-0.2, 0) is 6.54 Å². The SMILES string of the molecule is CN=C(NCC1CCN(C2CC2)C1)N(C)Cc1ccc(SC)cc1.I. The first kappa shape index (κ1) is 20.8. The molecule has 4 nitrogen and oxygen atoms in total. The van der Waals surface area contributed by atoms with Gasteiger partial charge in [-0.15, -0.1) is 35.7 Å². The standard InChI is InChI=1S/C19H30N4S.HI/c1-20-19(21-12-16-10-11-23(14-16)17-6-7-17)22(2)13-15-4-8-18(24-3)9-5-15;/h4-5,8-9,16-17H,6-7,10-14H2,1-3H3,(H,20,21);1H. The van der Waals surface area contributed by atoms with E-state index in [0.717, 1.165) is 31.0 Å². The first-order chi connectivity index (χ1) is 11.7. The fourth-order valence-electron chi connectivity index (χ4n) is 3.50. The van der Waals surface area contributed by atoms with Crippen LogP contribution in [0.1, 0.15) is 24.8 Å². The minimum atomic E-state index is 0. The maximum atomic E-state index is 4.46. The summed E-state index contributed by atoms with van der Waals surface area (Å²) in [5.74, 6) is 1.76. The first-order valence-electron chi connectivity index (χ1n) is 8.98. The third-order valence-corrected chi connectivity index (χ3v) is 5.83. The molecular weight excluding hydrogens is 443 g/mol. The van der Waals surface area contributed by atoms with Crippen molar-refractivity contribution < 1.29 is 0 Å². The molecule has 1 saturated heterocycles. The Morgan fingerprint density at radius 3 is 2.60 bits per heavy atom. The lowest BCUT2D eigenvalue weighted by atomic mass is 10.1. The van der Waals surface area contributed by atoms with Gasteiger partial charge < -0.3 is 15.1 Å². The van der Waals surface area contributed by atoms with Crippen LogP contribution >= 0.6 is 35.7 Å². The van der Waals surface area contributed by atoms with Gasteiger partial charge in [-0.2, -0.15) is 0 Å². The fourth-order valence-corrected chi connectivity index (χ4v) is 3.91. The highest BCUT2D eigenvalue weighted by atomic mass is 127. The third kappa shape index (κ3) is 6.03. The van der Waals surface area contributed by atoms with E-state index in [1.807, 2.05) is 7.05 Å². The number of thioether (sulfide) groups is 1. The number of rotatable bonds is 6. The lowest BCUT2D eigenvalue weighted by Gasteiger charge is -2.24. The normalized spacial score (nSPS) is 21.1. The van der Waals surface area contributed by atoms with Crippen LogP contribution in [0.25, 0.3) is 0 Å². The molecular formula is C19H31IN4S. The molecule has 1 unspecified atom stereocenters. The number of halogens is 1. The zero-order chi connectivity index (χ0) is 16.9. The predicted octanol–water partition coefficient (Wildman–Crippen LogP) is 3.52. The van der Waals surface area contributed by atoms with E-state index in [4.69, 9.17) is 0 Å². The second kappa shape index (κ2) is 10.0. The molecule has 2 aliphatic rings. The molecule has 6 heteroatoms. The van der Waals surface area contributed by atoms with Crippen LogP contribution in [-0.4, -0.2) is 61.8 Å². The van der Waals surface area contributed by atoms with E-state index < -0.39 is 0 Å². The van der Waals surface area contributed by atoms with Crippen LogP contribution in [0.3, 0.4) is 0 Å². The maximum Gasteiger partial charge on any atom is 0.193 e. The van der Waals surface area contributed by atoms with E-state index in [2.05, 4.69) is 57.7 Å². The van der Waals surface area contributed by atoms with Gasteiger partial charge in [0.1, 0.15) is 0 Å². The van der Waals surface area contributed by atoms with Crippen molar-refractivity contribution in [3.8, 4) is 0 Å². The quantitative estimate of drug-likeness (QED) is 0.296. The van der Waals surface area contributed by atoms with Gasteiger partial charge in [0, 0.05) is 44.7 Å². The number of nitrogens with one attached hydrogen (secondary N) is 1. The van der Waals surface area contributed by atoms with E-state index in [1.54, 1.807) is 11.8 Å². The summed E-state index contributed by atoms with van der Waals surface area (Å²) in [5.41, 5.74) is 1.32. The molecule has 140 valence electrons. The molecule has 1 aromatic carbocycles. The number of guanidine groups is 1. The predicted molar refractivity (Wildman–Crippen MR) is 119 cm³/mol. The molecule has 3 rings (SSSR count). The molecule has 0 radical (unpaired) electrons. The van der Waals surface area contributed by atoms with E-state index in [-0.39, 0.29) is 24.0 Å². The van der Waals surface area contributed by atoms with Crippen LogP contribution in [0.5, 0.6) is 0 Å². The van der Waals surface area contributed by atoms with Crippen molar-refractivity contribution in [3.05, 3.63) is 29.8 Å². The Morgan fingerprint density at radius 2 is 2.00 bits per heavy atom. The topological polar surface area (TPSA) is 30.9 Å². The van der Waals surface area contributed by atoms with E-state index in [1.165, 1.54) is 42.8 Å². The monoisotopic (exact) mass is 474 g/mol. The van der Waals surface area contributed by atoms with Gasteiger partial charge in [-0.25, -0.2) is 0 Å². The van der Waals surface area contributed by atoms with Gasteiger partial charge in [-0.1, -0.05) is 12.1 Å². The Hall–Kier alpha value is -0.470. The first-order valence-corrected chi connectivity index (χ1v) is 10.2. The summed E-state index contributed by atoms with van der Waals surface area (Å²) in [6.45, 7) is 4.46.